The monoisotopic (exact) mass is 455 g/mol. The van der Waals surface area contributed by atoms with Gasteiger partial charge in [0.1, 0.15) is 0 Å². The highest BCUT2D eigenvalue weighted by Crippen LogP contribution is 2.19. The summed E-state index contributed by atoms with van der Waals surface area (Å²) in [7, 11) is 0. The Labute approximate surface area is 187 Å². The molecule has 1 aliphatic heterocycles. The van der Waals surface area contributed by atoms with Crippen LogP contribution in [0.15, 0.2) is 53.1 Å². The van der Waals surface area contributed by atoms with Crippen LogP contribution in [0.2, 0.25) is 5.02 Å². The van der Waals surface area contributed by atoms with Crippen molar-refractivity contribution >= 4 is 42.1 Å². The lowest BCUT2D eigenvalue weighted by Crippen LogP contribution is -2.45. The number of anilines is 1. The summed E-state index contributed by atoms with van der Waals surface area (Å²) in [5, 5.41) is 4.78. The van der Waals surface area contributed by atoms with Crippen molar-refractivity contribution in [1.29, 1.82) is 0 Å². The highest BCUT2D eigenvalue weighted by Gasteiger charge is 2.19. The molecule has 156 valence electrons. The van der Waals surface area contributed by atoms with Gasteiger partial charge in [-0.05, 0) is 42.0 Å². The van der Waals surface area contributed by atoms with E-state index in [4.69, 9.17) is 21.9 Å². The third-order valence-electron chi connectivity index (χ3n) is 4.75. The number of nitrogens with zero attached hydrogens (tertiary/aromatic N) is 4. The first-order valence-electron chi connectivity index (χ1n) is 9.03. The van der Waals surface area contributed by atoms with Gasteiger partial charge in [-0.25, -0.2) is 0 Å². The molecule has 0 radical (unpaired) electrons. The zero-order valence-corrected chi connectivity index (χ0v) is 18.2. The SMILES string of the molecule is Cl.Cl.Nc1cccc(CN2CCN(Cc3nc(-c4ccc(Cl)cc4)no3)CC2)c1. The number of piperazine rings is 1. The first kappa shape index (κ1) is 23.4. The molecule has 0 saturated carbocycles. The van der Waals surface area contributed by atoms with Gasteiger partial charge in [-0.2, -0.15) is 4.98 Å². The molecule has 2 aromatic carbocycles. The molecule has 9 heteroatoms. The van der Waals surface area contributed by atoms with Gasteiger partial charge in [-0.1, -0.05) is 28.9 Å². The fourth-order valence-electron chi connectivity index (χ4n) is 3.28. The number of aromatic nitrogens is 2. The largest absolute Gasteiger partial charge is 0.399 e. The Kier molecular flexibility index (Phi) is 8.74. The number of hydrogen-bond donors (Lipinski definition) is 1. The topological polar surface area (TPSA) is 71.4 Å². The van der Waals surface area contributed by atoms with E-state index in [1.807, 2.05) is 42.5 Å². The predicted octanol–water partition coefficient (Wildman–Crippen LogP) is 4.13. The number of benzene rings is 2. The summed E-state index contributed by atoms with van der Waals surface area (Å²) in [4.78, 5) is 9.30. The number of hydrogen-bond acceptors (Lipinski definition) is 6. The summed E-state index contributed by atoms with van der Waals surface area (Å²) in [5.74, 6) is 1.24. The summed E-state index contributed by atoms with van der Waals surface area (Å²) in [5.41, 5.74) is 8.85. The van der Waals surface area contributed by atoms with Gasteiger partial charge >= 0.3 is 0 Å². The normalized spacial score (nSPS) is 14.8. The van der Waals surface area contributed by atoms with Gasteiger partial charge in [0.05, 0.1) is 6.54 Å². The van der Waals surface area contributed by atoms with Crippen LogP contribution >= 0.6 is 36.4 Å². The van der Waals surface area contributed by atoms with Crippen LogP contribution in [0, 0.1) is 0 Å². The second-order valence-corrected chi connectivity index (χ2v) is 7.25. The minimum atomic E-state index is 0. The van der Waals surface area contributed by atoms with Crippen LogP contribution in [-0.2, 0) is 13.1 Å². The van der Waals surface area contributed by atoms with Crippen molar-refractivity contribution in [1.82, 2.24) is 19.9 Å². The van der Waals surface area contributed by atoms with Crippen LogP contribution in [-0.4, -0.2) is 46.1 Å². The maximum absolute atomic E-state index is 5.92. The molecular weight excluding hydrogens is 433 g/mol. The average molecular weight is 457 g/mol. The Morgan fingerprint density at radius 3 is 2.24 bits per heavy atom. The summed E-state index contributed by atoms with van der Waals surface area (Å²) in [6, 6.07) is 15.5. The second-order valence-electron chi connectivity index (χ2n) is 6.82. The molecule has 0 spiro atoms. The minimum Gasteiger partial charge on any atom is -0.399 e. The van der Waals surface area contributed by atoms with Crippen LogP contribution in [0.25, 0.3) is 11.4 Å². The van der Waals surface area contributed by atoms with Gasteiger partial charge in [0, 0.05) is 49.0 Å². The summed E-state index contributed by atoms with van der Waals surface area (Å²) in [6.07, 6.45) is 0. The average Bonchev–Trinajstić information content (AvgIpc) is 3.12. The molecule has 0 bridgehead atoms. The first-order valence-corrected chi connectivity index (χ1v) is 9.41. The lowest BCUT2D eigenvalue weighted by atomic mass is 10.2. The molecule has 4 rings (SSSR count). The van der Waals surface area contributed by atoms with Crippen molar-refractivity contribution in [2.45, 2.75) is 13.1 Å². The third kappa shape index (κ3) is 6.32. The molecule has 0 unspecified atom stereocenters. The Morgan fingerprint density at radius 2 is 1.59 bits per heavy atom. The molecule has 1 aliphatic rings. The van der Waals surface area contributed by atoms with Gasteiger partial charge in [-0.3, -0.25) is 9.80 Å². The van der Waals surface area contributed by atoms with E-state index >= 15 is 0 Å². The lowest BCUT2D eigenvalue weighted by Gasteiger charge is -2.33. The van der Waals surface area contributed by atoms with Gasteiger partial charge < -0.3 is 10.3 Å². The number of nitrogens with two attached hydrogens (primary N) is 1. The van der Waals surface area contributed by atoms with Gasteiger partial charge in [0.2, 0.25) is 11.7 Å². The van der Waals surface area contributed by atoms with E-state index in [0.29, 0.717) is 23.3 Å². The minimum absolute atomic E-state index is 0. The van der Waals surface area contributed by atoms with Crippen LogP contribution in [0.3, 0.4) is 0 Å². The third-order valence-corrected chi connectivity index (χ3v) is 5.00. The van der Waals surface area contributed by atoms with E-state index in [0.717, 1.165) is 44.0 Å². The zero-order chi connectivity index (χ0) is 18.6. The number of rotatable bonds is 5. The Morgan fingerprint density at radius 1 is 0.931 bits per heavy atom. The van der Waals surface area contributed by atoms with Gasteiger partial charge in [-0.15, -0.1) is 24.8 Å². The molecule has 29 heavy (non-hydrogen) atoms. The van der Waals surface area contributed by atoms with Gasteiger partial charge in [0.25, 0.3) is 0 Å². The smallest absolute Gasteiger partial charge is 0.241 e. The molecule has 0 aliphatic carbocycles. The van der Waals surface area contributed by atoms with Crippen molar-refractivity contribution in [3.8, 4) is 11.4 Å². The highest BCUT2D eigenvalue weighted by atomic mass is 35.5. The second kappa shape index (κ2) is 10.8. The van der Waals surface area contributed by atoms with E-state index in [2.05, 4.69) is 26.0 Å². The summed E-state index contributed by atoms with van der Waals surface area (Å²) in [6.45, 7) is 5.56. The number of nitrogen functional groups attached to an aromatic ring is 1. The maximum Gasteiger partial charge on any atom is 0.241 e. The van der Waals surface area contributed by atoms with E-state index in [1.54, 1.807) is 0 Å². The van der Waals surface area contributed by atoms with E-state index < -0.39 is 0 Å². The fourth-order valence-corrected chi connectivity index (χ4v) is 3.41. The molecule has 2 heterocycles. The van der Waals surface area contributed by atoms with E-state index in [9.17, 15) is 0 Å². The molecule has 2 N–H and O–H groups in total. The molecule has 6 nitrogen and oxygen atoms in total. The predicted molar refractivity (Wildman–Crippen MR) is 121 cm³/mol. The Bertz CT molecular complexity index is 895. The number of halogens is 3. The Balaban J connectivity index is 0.00000150. The van der Waals surface area contributed by atoms with Crippen molar-refractivity contribution in [3.05, 3.63) is 65.0 Å². The van der Waals surface area contributed by atoms with Crippen LogP contribution in [0.5, 0.6) is 0 Å². The first-order chi connectivity index (χ1) is 13.2. The van der Waals surface area contributed by atoms with Crippen molar-refractivity contribution in [2.24, 2.45) is 0 Å². The molecule has 3 aromatic rings. The highest BCUT2D eigenvalue weighted by molar-refractivity contribution is 6.30. The van der Waals surface area contributed by atoms with E-state index in [1.165, 1.54) is 5.56 Å². The Hall–Kier alpha value is -1.83. The van der Waals surface area contributed by atoms with E-state index in [-0.39, 0.29) is 24.8 Å². The molecule has 0 amide bonds. The van der Waals surface area contributed by atoms with Crippen molar-refractivity contribution < 1.29 is 4.52 Å². The van der Waals surface area contributed by atoms with Crippen LogP contribution in [0.4, 0.5) is 5.69 Å². The lowest BCUT2D eigenvalue weighted by molar-refractivity contribution is 0.112. The summed E-state index contributed by atoms with van der Waals surface area (Å²) >= 11 is 5.92. The molecule has 1 aromatic heterocycles. The fraction of sp³-hybridized carbons (Fsp3) is 0.300. The quantitative estimate of drug-likeness (QED) is 0.582. The zero-order valence-electron chi connectivity index (χ0n) is 15.8. The van der Waals surface area contributed by atoms with Crippen LogP contribution < -0.4 is 5.73 Å². The molecule has 0 atom stereocenters. The standard InChI is InChI=1S/C20H22ClN5O.2ClH/c21-17-6-4-16(5-7-17)20-23-19(27-24-20)14-26-10-8-25(9-11-26)13-15-2-1-3-18(22)12-15;;/h1-7,12H,8-11,13-14,22H2;2*1H. The van der Waals surface area contributed by atoms with Crippen molar-refractivity contribution in [3.63, 3.8) is 0 Å². The van der Waals surface area contributed by atoms with Crippen molar-refractivity contribution in [2.75, 3.05) is 31.9 Å². The maximum atomic E-state index is 5.92. The summed E-state index contributed by atoms with van der Waals surface area (Å²) < 4.78 is 5.42. The molecule has 1 saturated heterocycles. The van der Waals surface area contributed by atoms with Gasteiger partial charge in [0.15, 0.2) is 0 Å². The molecule has 1 fully saturated rings. The molecular formula is C20H24Cl3N5O. The van der Waals surface area contributed by atoms with Crippen LogP contribution in [0.1, 0.15) is 11.5 Å².